The molecule has 3 rings (SSSR count). The SMILES string of the molecule is COc1ccc(OC)c(S(=O)(=O)N2CCC[C@@H](C(=O)Nc3ccc(C)cc3)C2)c1. The summed E-state index contributed by atoms with van der Waals surface area (Å²) < 4.78 is 38.3. The molecule has 1 amide bonds. The molecule has 1 aliphatic heterocycles. The molecule has 1 heterocycles. The predicted molar refractivity (Wildman–Crippen MR) is 111 cm³/mol. The first-order valence-electron chi connectivity index (χ1n) is 9.45. The van der Waals surface area contributed by atoms with Gasteiger partial charge in [-0.15, -0.1) is 0 Å². The number of hydrogen-bond acceptors (Lipinski definition) is 5. The second kappa shape index (κ2) is 8.84. The van der Waals surface area contributed by atoms with Crippen LogP contribution >= 0.6 is 0 Å². The van der Waals surface area contributed by atoms with E-state index in [9.17, 15) is 13.2 Å². The second-order valence-electron chi connectivity index (χ2n) is 7.07. The summed E-state index contributed by atoms with van der Waals surface area (Å²) in [6, 6.07) is 12.2. The minimum Gasteiger partial charge on any atom is -0.497 e. The van der Waals surface area contributed by atoms with E-state index >= 15 is 0 Å². The van der Waals surface area contributed by atoms with E-state index in [2.05, 4.69) is 5.32 Å². The number of piperidine rings is 1. The van der Waals surface area contributed by atoms with E-state index in [4.69, 9.17) is 9.47 Å². The number of nitrogens with one attached hydrogen (secondary N) is 1. The van der Waals surface area contributed by atoms with E-state index in [1.165, 1.54) is 24.6 Å². The lowest BCUT2D eigenvalue weighted by Gasteiger charge is -2.31. The van der Waals surface area contributed by atoms with Crippen LogP contribution in [0.1, 0.15) is 18.4 Å². The molecule has 0 aliphatic carbocycles. The molecule has 1 N–H and O–H groups in total. The van der Waals surface area contributed by atoms with Crippen molar-refractivity contribution < 1.29 is 22.7 Å². The van der Waals surface area contributed by atoms with Crippen molar-refractivity contribution in [2.45, 2.75) is 24.7 Å². The average molecular weight is 419 g/mol. The average Bonchev–Trinajstić information content (AvgIpc) is 2.74. The van der Waals surface area contributed by atoms with Crippen molar-refractivity contribution >= 4 is 21.6 Å². The summed E-state index contributed by atoms with van der Waals surface area (Å²) in [7, 11) is -0.932. The zero-order valence-corrected chi connectivity index (χ0v) is 17.7. The summed E-state index contributed by atoms with van der Waals surface area (Å²) in [4.78, 5) is 12.7. The number of nitrogens with zero attached hydrogens (tertiary/aromatic N) is 1. The van der Waals surface area contributed by atoms with Crippen molar-refractivity contribution in [1.82, 2.24) is 4.31 Å². The molecule has 0 saturated carbocycles. The van der Waals surface area contributed by atoms with Gasteiger partial charge < -0.3 is 14.8 Å². The van der Waals surface area contributed by atoms with E-state index in [0.29, 0.717) is 30.8 Å². The normalized spacial score (nSPS) is 17.6. The summed E-state index contributed by atoms with van der Waals surface area (Å²) in [6.45, 7) is 2.46. The van der Waals surface area contributed by atoms with E-state index in [0.717, 1.165) is 5.56 Å². The van der Waals surface area contributed by atoms with Crippen LogP contribution < -0.4 is 14.8 Å². The molecule has 0 bridgehead atoms. The molecule has 1 atom stereocenters. The Morgan fingerprint density at radius 3 is 2.48 bits per heavy atom. The quantitative estimate of drug-likeness (QED) is 0.779. The molecule has 2 aromatic carbocycles. The highest BCUT2D eigenvalue weighted by Crippen LogP contribution is 2.32. The van der Waals surface area contributed by atoms with Crippen molar-refractivity contribution in [2.75, 3.05) is 32.6 Å². The maximum absolute atomic E-state index is 13.3. The van der Waals surface area contributed by atoms with Crippen LogP contribution in [0.25, 0.3) is 0 Å². The smallest absolute Gasteiger partial charge is 0.246 e. The Morgan fingerprint density at radius 2 is 1.83 bits per heavy atom. The Hall–Kier alpha value is -2.58. The highest BCUT2D eigenvalue weighted by molar-refractivity contribution is 7.89. The molecule has 7 nitrogen and oxygen atoms in total. The van der Waals surface area contributed by atoms with E-state index in [1.807, 2.05) is 31.2 Å². The Bertz CT molecular complexity index is 973. The first kappa shape index (κ1) is 21.1. The van der Waals surface area contributed by atoms with Gasteiger partial charge in [-0.25, -0.2) is 8.42 Å². The molecule has 156 valence electrons. The molecule has 1 fully saturated rings. The lowest BCUT2D eigenvalue weighted by Crippen LogP contribution is -2.43. The van der Waals surface area contributed by atoms with Crippen molar-refractivity contribution in [2.24, 2.45) is 5.92 Å². The summed E-state index contributed by atoms with van der Waals surface area (Å²) in [5.74, 6) is 0.0786. The molecule has 0 radical (unpaired) electrons. The highest BCUT2D eigenvalue weighted by Gasteiger charge is 2.35. The van der Waals surface area contributed by atoms with Crippen LogP contribution in [0.2, 0.25) is 0 Å². The van der Waals surface area contributed by atoms with Crippen LogP contribution in [0.5, 0.6) is 11.5 Å². The molecule has 1 aliphatic rings. The molecule has 1 saturated heterocycles. The third kappa shape index (κ3) is 4.71. The number of ether oxygens (including phenoxy) is 2. The van der Waals surface area contributed by atoms with Gasteiger partial charge in [0.05, 0.1) is 20.1 Å². The second-order valence-corrected chi connectivity index (χ2v) is 8.98. The van der Waals surface area contributed by atoms with Crippen LogP contribution in [-0.2, 0) is 14.8 Å². The number of carbonyl (C=O) groups excluding carboxylic acids is 1. The Balaban J connectivity index is 1.79. The summed E-state index contributed by atoms with van der Waals surface area (Å²) >= 11 is 0. The number of aryl methyl sites for hydroxylation is 1. The Labute approximate surface area is 171 Å². The van der Waals surface area contributed by atoms with Gasteiger partial charge in [-0.2, -0.15) is 4.31 Å². The third-order valence-corrected chi connectivity index (χ3v) is 6.95. The highest BCUT2D eigenvalue weighted by atomic mass is 32.2. The van der Waals surface area contributed by atoms with Crippen LogP contribution in [0, 0.1) is 12.8 Å². The van der Waals surface area contributed by atoms with Crippen molar-refractivity contribution in [3.05, 3.63) is 48.0 Å². The largest absolute Gasteiger partial charge is 0.497 e. The standard InChI is InChI=1S/C21H26N2O5S/c1-15-6-8-17(9-7-15)22-21(24)16-5-4-12-23(14-16)29(25,26)20-13-18(27-2)10-11-19(20)28-3/h6-11,13,16H,4-5,12,14H2,1-3H3,(H,22,24)/t16-/m1/s1. The minimum atomic E-state index is -3.83. The molecular formula is C21H26N2O5S. The van der Waals surface area contributed by atoms with Gasteiger partial charge in [-0.1, -0.05) is 17.7 Å². The fourth-order valence-corrected chi connectivity index (χ4v) is 5.08. The summed E-state index contributed by atoms with van der Waals surface area (Å²) in [6.07, 6.45) is 1.25. The number of amides is 1. The van der Waals surface area contributed by atoms with Gasteiger partial charge in [0.2, 0.25) is 15.9 Å². The van der Waals surface area contributed by atoms with Gasteiger partial charge in [-0.3, -0.25) is 4.79 Å². The number of benzene rings is 2. The zero-order valence-electron chi connectivity index (χ0n) is 16.8. The molecule has 0 aromatic heterocycles. The van der Waals surface area contributed by atoms with Gasteiger partial charge in [0.15, 0.2) is 0 Å². The van der Waals surface area contributed by atoms with E-state index < -0.39 is 15.9 Å². The zero-order chi connectivity index (χ0) is 21.0. The van der Waals surface area contributed by atoms with Crippen molar-refractivity contribution in [1.29, 1.82) is 0 Å². The first-order chi connectivity index (χ1) is 13.8. The fourth-order valence-electron chi connectivity index (χ4n) is 3.38. The maximum atomic E-state index is 13.3. The van der Waals surface area contributed by atoms with Crippen LogP contribution in [0.4, 0.5) is 5.69 Å². The minimum absolute atomic E-state index is 0.0407. The Morgan fingerprint density at radius 1 is 1.10 bits per heavy atom. The lowest BCUT2D eigenvalue weighted by atomic mass is 9.98. The molecule has 0 unspecified atom stereocenters. The van der Waals surface area contributed by atoms with Crippen LogP contribution in [0.3, 0.4) is 0 Å². The number of rotatable bonds is 6. The number of carbonyl (C=O) groups is 1. The topological polar surface area (TPSA) is 84.9 Å². The van der Waals surface area contributed by atoms with Gasteiger partial charge in [-0.05, 0) is 44.0 Å². The number of sulfonamides is 1. The summed E-state index contributed by atoms with van der Waals surface area (Å²) in [5.41, 5.74) is 1.81. The fraction of sp³-hybridized carbons (Fsp3) is 0.381. The number of methoxy groups -OCH3 is 2. The van der Waals surface area contributed by atoms with Gasteiger partial charge >= 0.3 is 0 Å². The van der Waals surface area contributed by atoms with Gasteiger partial charge in [0, 0.05) is 24.8 Å². The van der Waals surface area contributed by atoms with Crippen LogP contribution in [0.15, 0.2) is 47.4 Å². The van der Waals surface area contributed by atoms with E-state index in [-0.39, 0.29) is 23.1 Å². The van der Waals surface area contributed by atoms with Crippen molar-refractivity contribution in [3.63, 3.8) is 0 Å². The number of hydrogen-bond donors (Lipinski definition) is 1. The Kier molecular flexibility index (Phi) is 6.44. The molecule has 0 spiro atoms. The monoisotopic (exact) mass is 418 g/mol. The van der Waals surface area contributed by atoms with Crippen LogP contribution in [-0.4, -0.2) is 45.9 Å². The summed E-state index contributed by atoms with van der Waals surface area (Å²) in [5, 5.41) is 2.89. The maximum Gasteiger partial charge on any atom is 0.246 e. The molecule has 2 aromatic rings. The molecule has 29 heavy (non-hydrogen) atoms. The van der Waals surface area contributed by atoms with Gasteiger partial charge in [0.1, 0.15) is 16.4 Å². The van der Waals surface area contributed by atoms with E-state index in [1.54, 1.807) is 12.1 Å². The molecular weight excluding hydrogens is 392 g/mol. The molecule has 8 heteroatoms. The van der Waals surface area contributed by atoms with Gasteiger partial charge in [0.25, 0.3) is 0 Å². The first-order valence-corrected chi connectivity index (χ1v) is 10.9. The third-order valence-electron chi connectivity index (χ3n) is 5.06. The lowest BCUT2D eigenvalue weighted by molar-refractivity contribution is -0.120. The van der Waals surface area contributed by atoms with Crippen molar-refractivity contribution in [3.8, 4) is 11.5 Å². The number of anilines is 1. The predicted octanol–water partition coefficient (Wildman–Crippen LogP) is 3.05.